The Morgan fingerprint density at radius 1 is 1.38 bits per heavy atom. The van der Waals surface area contributed by atoms with E-state index in [1.165, 1.54) is 12.1 Å². The number of hydrogen-bond donors (Lipinski definition) is 0. The number of aromatic nitrogens is 2. The van der Waals surface area contributed by atoms with Gasteiger partial charge < -0.3 is 9.15 Å². The van der Waals surface area contributed by atoms with E-state index in [1.807, 2.05) is 5.38 Å². The number of ether oxygens (including phenoxy) is 1. The van der Waals surface area contributed by atoms with Crippen LogP contribution in [0.25, 0.3) is 11.5 Å². The third-order valence-corrected chi connectivity index (χ3v) is 4.75. The molecule has 1 aliphatic rings. The number of thiazole rings is 1. The van der Waals surface area contributed by atoms with Crippen LogP contribution in [-0.4, -0.2) is 34.6 Å². The molecular weight excluding hydrogens is 329 g/mol. The smallest absolute Gasteiger partial charge is 0.226 e. The molecule has 1 aliphatic heterocycles. The predicted octanol–water partition coefficient (Wildman–Crippen LogP) is 3.51. The average molecular weight is 345 g/mol. The summed E-state index contributed by atoms with van der Waals surface area (Å²) in [6.45, 7) is 2.95. The highest BCUT2D eigenvalue weighted by atomic mass is 32.1. The van der Waals surface area contributed by atoms with Crippen LogP contribution in [0.15, 0.2) is 46.5 Å². The molecule has 0 amide bonds. The Labute approximate surface area is 142 Å². The van der Waals surface area contributed by atoms with Gasteiger partial charge in [-0.2, -0.15) is 0 Å². The van der Waals surface area contributed by atoms with Crippen molar-refractivity contribution in [3.63, 3.8) is 0 Å². The van der Waals surface area contributed by atoms with Gasteiger partial charge in [0.1, 0.15) is 23.2 Å². The monoisotopic (exact) mass is 345 g/mol. The number of oxazole rings is 1. The van der Waals surface area contributed by atoms with Crippen LogP contribution in [-0.2, 0) is 11.3 Å². The van der Waals surface area contributed by atoms with Gasteiger partial charge in [0.15, 0.2) is 0 Å². The summed E-state index contributed by atoms with van der Waals surface area (Å²) in [5.41, 5.74) is 1.47. The third-order valence-electron chi connectivity index (χ3n) is 3.89. The summed E-state index contributed by atoms with van der Waals surface area (Å²) in [7, 11) is 0. The van der Waals surface area contributed by atoms with Crippen LogP contribution in [0.2, 0.25) is 0 Å². The fourth-order valence-corrected chi connectivity index (χ4v) is 3.43. The molecule has 0 saturated carbocycles. The van der Waals surface area contributed by atoms with Crippen molar-refractivity contribution in [3.05, 3.63) is 58.6 Å². The maximum absolute atomic E-state index is 13.3. The molecular formula is C17H16FN3O2S. The van der Waals surface area contributed by atoms with E-state index in [1.54, 1.807) is 35.9 Å². The van der Waals surface area contributed by atoms with Gasteiger partial charge >= 0.3 is 0 Å². The molecule has 0 aliphatic carbocycles. The molecule has 0 bridgehead atoms. The Balaban J connectivity index is 1.44. The number of rotatable bonds is 4. The molecule has 0 radical (unpaired) electrons. The second-order valence-corrected chi connectivity index (χ2v) is 6.55. The summed E-state index contributed by atoms with van der Waals surface area (Å²) < 4.78 is 24.6. The zero-order chi connectivity index (χ0) is 16.4. The molecule has 124 valence electrons. The van der Waals surface area contributed by atoms with Gasteiger partial charge in [-0.25, -0.2) is 14.4 Å². The molecule has 1 unspecified atom stereocenters. The van der Waals surface area contributed by atoms with Gasteiger partial charge in [0.25, 0.3) is 0 Å². The first kappa shape index (κ1) is 15.4. The lowest BCUT2D eigenvalue weighted by molar-refractivity contribution is -0.0333. The largest absolute Gasteiger partial charge is 0.444 e. The van der Waals surface area contributed by atoms with Crippen molar-refractivity contribution in [3.8, 4) is 11.5 Å². The standard InChI is InChI=1S/C17H16FN3O2S/c18-13-3-1-2-12(8-13)16-20-14(11-23-16)9-21-5-6-22-15(10-21)17-19-4-7-24-17/h1-4,7-8,11,15H,5-6,9-10H2. The summed E-state index contributed by atoms with van der Waals surface area (Å²) in [4.78, 5) is 11.1. The molecule has 24 heavy (non-hydrogen) atoms. The molecule has 1 fully saturated rings. The molecule has 3 aromatic rings. The summed E-state index contributed by atoms with van der Waals surface area (Å²) in [5.74, 6) is 0.140. The average Bonchev–Trinajstić information content (AvgIpc) is 3.27. The molecule has 0 N–H and O–H groups in total. The van der Waals surface area contributed by atoms with Crippen LogP contribution in [0, 0.1) is 5.82 Å². The summed E-state index contributed by atoms with van der Waals surface area (Å²) in [5, 5.41) is 2.96. The Kier molecular flexibility index (Phi) is 4.38. The lowest BCUT2D eigenvalue weighted by Crippen LogP contribution is -2.37. The highest BCUT2D eigenvalue weighted by Crippen LogP contribution is 2.25. The number of morpholine rings is 1. The molecule has 4 rings (SSSR count). The lowest BCUT2D eigenvalue weighted by Gasteiger charge is -2.31. The van der Waals surface area contributed by atoms with E-state index in [0.29, 0.717) is 24.6 Å². The van der Waals surface area contributed by atoms with Crippen LogP contribution < -0.4 is 0 Å². The van der Waals surface area contributed by atoms with Gasteiger partial charge in [0.2, 0.25) is 5.89 Å². The summed E-state index contributed by atoms with van der Waals surface area (Å²) >= 11 is 1.61. The first-order chi connectivity index (χ1) is 11.8. The fourth-order valence-electron chi connectivity index (χ4n) is 2.75. The maximum Gasteiger partial charge on any atom is 0.226 e. The number of hydrogen-bond acceptors (Lipinski definition) is 6. The van der Waals surface area contributed by atoms with Gasteiger partial charge in [0.05, 0.1) is 12.3 Å². The minimum atomic E-state index is -0.299. The molecule has 2 aromatic heterocycles. The van der Waals surface area contributed by atoms with Gasteiger partial charge in [-0.3, -0.25) is 4.90 Å². The zero-order valence-electron chi connectivity index (χ0n) is 12.9. The minimum Gasteiger partial charge on any atom is -0.444 e. The van der Waals surface area contributed by atoms with Crippen LogP contribution in [0.3, 0.4) is 0 Å². The SMILES string of the molecule is Fc1cccc(-c2nc(CN3CCOC(c4nccs4)C3)co2)c1. The van der Waals surface area contributed by atoms with Crippen molar-refractivity contribution >= 4 is 11.3 Å². The van der Waals surface area contributed by atoms with E-state index in [2.05, 4.69) is 14.9 Å². The van der Waals surface area contributed by atoms with Crippen LogP contribution in [0.4, 0.5) is 4.39 Å². The minimum absolute atomic E-state index is 0.00772. The Morgan fingerprint density at radius 2 is 2.33 bits per heavy atom. The van der Waals surface area contributed by atoms with Gasteiger partial charge in [-0.15, -0.1) is 11.3 Å². The van der Waals surface area contributed by atoms with Crippen molar-refractivity contribution < 1.29 is 13.5 Å². The number of nitrogens with zero attached hydrogens (tertiary/aromatic N) is 3. The number of halogens is 1. The van der Waals surface area contributed by atoms with E-state index < -0.39 is 0 Å². The van der Waals surface area contributed by atoms with Crippen LogP contribution >= 0.6 is 11.3 Å². The Bertz CT molecular complexity index is 806. The summed E-state index contributed by atoms with van der Waals surface area (Å²) in [6, 6.07) is 6.25. The van der Waals surface area contributed by atoms with Crippen molar-refractivity contribution in [2.75, 3.05) is 19.7 Å². The fraction of sp³-hybridized carbons (Fsp3) is 0.294. The second kappa shape index (κ2) is 6.80. The Hall–Kier alpha value is -2.09. The molecule has 1 atom stereocenters. The van der Waals surface area contributed by atoms with Crippen molar-refractivity contribution in [1.82, 2.24) is 14.9 Å². The topological polar surface area (TPSA) is 51.4 Å². The van der Waals surface area contributed by atoms with Crippen LogP contribution in [0.5, 0.6) is 0 Å². The highest BCUT2D eigenvalue weighted by molar-refractivity contribution is 7.09. The molecule has 5 nitrogen and oxygen atoms in total. The van der Waals surface area contributed by atoms with E-state index in [-0.39, 0.29) is 11.9 Å². The molecule has 1 aromatic carbocycles. The quantitative estimate of drug-likeness (QED) is 0.724. The van der Waals surface area contributed by atoms with Crippen molar-refractivity contribution in [2.24, 2.45) is 0 Å². The van der Waals surface area contributed by atoms with Crippen molar-refractivity contribution in [1.29, 1.82) is 0 Å². The highest BCUT2D eigenvalue weighted by Gasteiger charge is 2.24. The lowest BCUT2D eigenvalue weighted by atomic mass is 10.2. The van der Waals surface area contributed by atoms with Gasteiger partial charge in [0, 0.05) is 36.8 Å². The van der Waals surface area contributed by atoms with Gasteiger partial charge in [-0.1, -0.05) is 6.07 Å². The molecule has 7 heteroatoms. The van der Waals surface area contributed by atoms with Crippen LogP contribution in [0.1, 0.15) is 16.8 Å². The Morgan fingerprint density at radius 3 is 3.17 bits per heavy atom. The predicted molar refractivity (Wildman–Crippen MR) is 88.0 cm³/mol. The first-order valence-corrected chi connectivity index (χ1v) is 8.59. The zero-order valence-corrected chi connectivity index (χ0v) is 13.7. The molecule has 0 spiro atoms. The number of benzene rings is 1. The molecule has 3 heterocycles. The van der Waals surface area contributed by atoms with E-state index >= 15 is 0 Å². The third kappa shape index (κ3) is 3.38. The molecule has 1 saturated heterocycles. The second-order valence-electron chi connectivity index (χ2n) is 5.62. The van der Waals surface area contributed by atoms with E-state index in [0.717, 1.165) is 23.8 Å². The normalized spacial score (nSPS) is 18.8. The first-order valence-electron chi connectivity index (χ1n) is 7.71. The van der Waals surface area contributed by atoms with Crippen molar-refractivity contribution in [2.45, 2.75) is 12.6 Å². The maximum atomic E-state index is 13.3. The van der Waals surface area contributed by atoms with Gasteiger partial charge in [-0.05, 0) is 18.2 Å². The van der Waals surface area contributed by atoms with E-state index in [9.17, 15) is 4.39 Å². The van der Waals surface area contributed by atoms with E-state index in [4.69, 9.17) is 9.15 Å². The summed E-state index contributed by atoms with van der Waals surface area (Å²) in [6.07, 6.45) is 3.44.